The SMILES string of the molecule is Cn1ccnc1[C@@H](O)C1CCN(C(=O)NCCCN2CCCC2)CC1. The lowest BCUT2D eigenvalue weighted by Crippen LogP contribution is -2.45. The maximum atomic E-state index is 12.3. The first-order valence-corrected chi connectivity index (χ1v) is 9.55. The fraction of sp³-hybridized carbons (Fsp3) is 0.778. The Kier molecular flexibility index (Phi) is 6.31. The van der Waals surface area contributed by atoms with E-state index < -0.39 is 6.10 Å². The number of carbonyl (C=O) groups is 1. The zero-order chi connectivity index (χ0) is 17.6. The molecule has 1 atom stereocenters. The molecule has 2 amide bonds. The number of hydrogen-bond donors (Lipinski definition) is 2. The molecule has 25 heavy (non-hydrogen) atoms. The standard InChI is InChI=1S/C18H31N5O2/c1-21-14-8-19-17(21)16(24)15-5-12-23(13-6-15)18(25)20-7-4-11-22-9-2-3-10-22/h8,14-16,24H,2-7,9-13H2,1H3,(H,20,25)/t16-/m0/s1. The van der Waals surface area contributed by atoms with E-state index in [1.807, 2.05) is 22.7 Å². The number of aryl methyl sites for hydroxylation is 1. The van der Waals surface area contributed by atoms with E-state index >= 15 is 0 Å². The number of aromatic nitrogens is 2. The molecule has 2 fully saturated rings. The average molecular weight is 349 g/mol. The number of carbonyl (C=O) groups excluding carboxylic acids is 1. The number of aliphatic hydroxyl groups excluding tert-OH is 1. The maximum absolute atomic E-state index is 12.3. The Morgan fingerprint density at radius 2 is 2.04 bits per heavy atom. The van der Waals surface area contributed by atoms with Crippen molar-refractivity contribution < 1.29 is 9.90 Å². The first kappa shape index (κ1) is 18.2. The fourth-order valence-electron chi connectivity index (χ4n) is 3.91. The molecule has 0 radical (unpaired) electrons. The third-order valence-electron chi connectivity index (χ3n) is 5.52. The van der Waals surface area contributed by atoms with Gasteiger partial charge >= 0.3 is 6.03 Å². The Balaban J connectivity index is 1.35. The highest BCUT2D eigenvalue weighted by molar-refractivity contribution is 5.74. The number of nitrogens with one attached hydrogen (secondary N) is 1. The highest BCUT2D eigenvalue weighted by Crippen LogP contribution is 2.29. The summed E-state index contributed by atoms with van der Waals surface area (Å²) in [5.41, 5.74) is 0. The number of rotatable bonds is 6. The minimum atomic E-state index is -0.550. The van der Waals surface area contributed by atoms with Gasteiger partial charge in [-0.3, -0.25) is 0 Å². The number of piperidine rings is 1. The van der Waals surface area contributed by atoms with Gasteiger partial charge in [-0.1, -0.05) is 0 Å². The van der Waals surface area contributed by atoms with Crippen molar-refractivity contribution in [2.24, 2.45) is 13.0 Å². The molecule has 2 saturated heterocycles. The van der Waals surface area contributed by atoms with Gasteiger partial charge in [0.2, 0.25) is 0 Å². The van der Waals surface area contributed by atoms with Crippen LogP contribution in [-0.4, -0.2) is 69.8 Å². The molecule has 140 valence electrons. The van der Waals surface area contributed by atoms with E-state index in [1.54, 1.807) is 6.20 Å². The first-order chi connectivity index (χ1) is 12.1. The Hall–Kier alpha value is -1.60. The van der Waals surface area contributed by atoms with Gasteiger partial charge in [-0.15, -0.1) is 0 Å². The largest absolute Gasteiger partial charge is 0.385 e. The van der Waals surface area contributed by atoms with E-state index in [4.69, 9.17) is 0 Å². The van der Waals surface area contributed by atoms with Crippen LogP contribution < -0.4 is 5.32 Å². The molecule has 2 N–H and O–H groups in total. The lowest BCUT2D eigenvalue weighted by Gasteiger charge is -2.34. The van der Waals surface area contributed by atoms with Crippen molar-refractivity contribution in [3.05, 3.63) is 18.2 Å². The zero-order valence-corrected chi connectivity index (χ0v) is 15.2. The van der Waals surface area contributed by atoms with E-state index in [9.17, 15) is 9.90 Å². The Bertz CT molecular complexity index is 547. The summed E-state index contributed by atoms with van der Waals surface area (Å²) in [5, 5.41) is 13.5. The van der Waals surface area contributed by atoms with Crippen molar-refractivity contribution in [3.8, 4) is 0 Å². The van der Waals surface area contributed by atoms with Crippen LogP contribution in [0, 0.1) is 5.92 Å². The normalized spacial score (nSPS) is 20.8. The highest BCUT2D eigenvalue weighted by Gasteiger charge is 2.29. The van der Waals surface area contributed by atoms with Gasteiger partial charge in [0.05, 0.1) is 0 Å². The van der Waals surface area contributed by atoms with Crippen LogP contribution in [-0.2, 0) is 7.05 Å². The van der Waals surface area contributed by atoms with Crippen LogP contribution in [0.4, 0.5) is 4.79 Å². The van der Waals surface area contributed by atoms with Crippen molar-refractivity contribution in [3.63, 3.8) is 0 Å². The Labute approximate surface area is 150 Å². The predicted molar refractivity (Wildman–Crippen MR) is 96.2 cm³/mol. The van der Waals surface area contributed by atoms with Crippen LogP contribution in [0.5, 0.6) is 0 Å². The van der Waals surface area contributed by atoms with Crippen LogP contribution in [0.3, 0.4) is 0 Å². The number of aliphatic hydroxyl groups is 1. The van der Waals surface area contributed by atoms with Crippen LogP contribution >= 0.6 is 0 Å². The number of nitrogens with zero attached hydrogens (tertiary/aromatic N) is 4. The zero-order valence-electron chi connectivity index (χ0n) is 15.2. The first-order valence-electron chi connectivity index (χ1n) is 9.55. The van der Waals surface area contributed by atoms with Crippen molar-refractivity contribution in [1.29, 1.82) is 0 Å². The van der Waals surface area contributed by atoms with E-state index in [1.165, 1.54) is 25.9 Å². The molecular formula is C18H31N5O2. The monoisotopic (exact) mass is 349 g/mol. The van der Waals surface area contributed by atoms with Gasteiger partial charge in [0, 0.05) is 39.1 Å². The molecule has 3 heterocycles. The molecule has 0 aromatic carbocycles. The number of urea groups is 1. The minimum absolute atomic E-state index is 0.0337. The van der Waals surface area contributed by atoms with Crippen LogP contribution in [0.25, 0.3) is 0 Å². The summed E-state index contributed by atoms with van der Waals surface area (Å²) in [5.74, 6) is 0.880. The number of amides is 2. The second-order valence-corrected chi connectivity index (χ2v) is 7.30. The van der Waals surface area contributed by atoms with E-state index in [0.29, 0.717) is 18.9 Å². The average Bonchev–Trinajstić information content (AvgIpc) is 3.29. The van der Waals surface area contributed by atoms with Gasteiger partial charge in [0.1, 0.15) is 11.9 Å². The third kappa shape index (κ3) is 4.73. The van der Waals surface area contributed by atoms with Crippen molar-refractivity contribution in [1.82, 2.24) is 24.7 Å². The van der Waals surface area contributed by atoms with E-state index in [2.05, 4.69) is 15.2 Å². The number of hydrogen-bond acceptors (Lipinski definition) is 4. The van der Waals surface area contributed by atoms with Crippen molar-refractivity contribution in [2.75, 3.05) is 39.3 Å². The molecule has 0 spiro atoms. The quantitative estimate of drug-likeness (QED) is 0.761. The van der Waals surface area contributed by atoms with Gasteiger partial charge in [-0.2, -0.15) is 0 Å². The molecule has 7 nitrogen and oxygen atoms in total. The minimum Gasteiger partial charge on any atom is -0.385 e. The fourth-order valence-corrected chi connectivity index (χ4v) is 3.91. The van der Waals surface area contributed by atoms with Gasteiger partial charge < -0.3 is 24.8 Å². The van der Waals surface area contributed by atoms with E-state index in [-0.39, 0.29) is 11.9 Å². The third-order valence-corrected chi connectivity index (χ3v) is 5.52. The lowest BCUT2D eigenvalue weighted by atomic mass is 9.91. The second-order valence-electron chi connectivity index (χ2n) is 7.30. The molecule has 0 unspecified atom stereocenters. The van der Waals surface area contributed by atoms with Crippen molar-refractivity contribution in [2.45, 2.75) is 38.2 Å². The Morgan fingerprint density at radius 3 is 2.68 bits per heavy atom. The maximum Gasteiger partial charge on any atom is 0.317 e. The summed E-state index contributed by atoms with van der Waals surface area (Å²) in [6, 6.07) is 0.0337. The van der Waals surface area contributed by atoms with Crippen LogP contribution in [0.1, 0.15) is 44.0 Å². The van der Waals surface area contributed by atoms with E-state index in [0.717, 1.165) is 32.4 Å². The molecule has 3 rings (SSSR count). The second kappa shape index (κ2) is 8.67. The van der Waals surface area contributed by atoms with Crippen molar-refractivity contribution >= 4 is 6.03 Å². The molecule has 0 bridgehead atoms. The lowest BCUT2D eigenvalue weighted by molar-refractivity contribution is 0.0584. The molecule has 7 heteroatoms. The van der Waals surface area contributed by atoms with Gasteiger partial charge in [-0.05, 0) is 57.7 Å². The number of imidazole rings is 1. The highest BCUT2D eigenvalue weighted by atomic mass is 16.3. The van der Waals surface area contributed by atoms with Gasteiger partial charge in [0.15, 0.2) is 0 Å². The summed E-state index contributed by atoms with van der Waals surface area (Å²) in [6.07, 6.45) is 8.28. The molecule has 2 aliphatic rings. The predicted octanol–water partition coefficient (Wildman–Crippen LogP) is 1.36. The summed E-state index contributed by atoms with van der Waals surface area (Å²) < 4.78 is 1.87. The molecule has 1 aromatic heterocycles. The molecule has 2 aliphatic heterocycles. The van der Waals surface area contributed by atoms with Gasteiger partial charge in [-0.25, -0.2) is 9.78 Å². The molecular weight excluding hydrogens is 318 g/mol. The smallest absolute Gasteiger partial charge is 0.317 e. The number of likely N-dealkylation sites (tertiary alicyclic amines) is 2. The van der Waals surface area contributed by atoms with Crippen LogP contribution in [0.2, 0.25) is 0 Å². The topological polar surface area (TPSA) is 73.6 Å². The molecule has 1 aromatic rings. The summed E-state index contributed by atoms with van der Waals surface area (Å²) in [7, 11) is 1.90. The summed E-state index contributed by atoms with van der Waals surface area (Å²) >= 11 is 0. The summed E-state index contributed by atoms with van der Waals surface area (Å²) in [6.45, 7) is 5.64. The molecule has 0 aliphatic carbocycles. The Morgan fingerprint density at radius 1 is 1.32 bits per heavy atom. The summed E-state index contributed by atoms with van der Waals surface area (Å²) in [4.78, 5) is 20.9. The molecule has 0 saturated carbocycles. The van der Waals surface area contributed by atoms with Gasteiger partial charge in [0.25, 0.3) is 0 Å². The van der Waals surface area contributed by atoms with Crippen LogP contribution in [0.15, 0.2) is 12.4 Å².